The highest BCUT2D eigenvalue weighted by atomic mass is 35.5. The number of thiazole rings is 1. The number of hydrogen-bond donors (Lipinski definition) is 0. The van der Waals surface area contributed by atoms with E-state index in [4.69, 9.17) is 5.26 Å². The highest BCUT2D eigenvalue weighted by Crippen LogP contribution is 1.85. The molecule has 0 unspecified atom stereocenters. The van der Waals surface area contributed by atoms with E-state index in [-0.39, 0.29) is 12.4 Å². The molecule has 0 saturated carbocycles. The molecule has 4 heteroatoms. The van der Waals surface area contributed by atoms with Crippen molar-refractivity contribution in [3.05, 3.63) is 17.1 Å². The topological polar surface area (TPSA) is 27.7 Å². The van der Waals surface area contributed by atoms with Crippen molar-refractivity contribution in [2.24, 2.45) is 0 Å². The summed E-state index contributed by atoms with van der Waals surface area (Å²) in [6, 6.07) is 2.04. The molecule has 0 spiro atoms. The molecule has 0 bridgehead atoms. The van der Waals surface area contributed by atoms with Crippen LogP contribution in [0.2, 0.25) is 0 Å². The molecular formula is C5H5ClN2S. The van der Waals surface area contributed by atoms with Gasteiger partial charge in [0.1, 0.15) is 6.07 Å². The molecule has 9 heavy (non-hydrogen) atoms. The van der Waals surface area contributed by atoms with Crippen LogP contribution in [0.5, 0.6) is 0 Å². The molecular weight excluding hydrogens is 156 g/mol. The monoisotopic (exact) mass is 160 g/mol. The van der Waals surface area contributed by atoms with Crippen LogP contribution in [0, 0.1) is 11.3 Å². The second-order valence-electron chi connectivity index (χ2n) is 1.36. The maximum Gasteiger partial charge on any atom is 0.234 e. The minimum absolute atomic E-state index is 0. The average molecular weight is 161 g/mol. The molecule has 1 heterocycles. The Morgan fingerprint density at radius 2 is 2.44 bits per heavy atom. The van der Waals surface area contributed by atoms with E-state index in [9.17, 15) is 0 Å². The molecule has 1 rings (SSSR count). The van der Waals surface area contributed by atoms with E-state index in [1.54, 1.807) is 11.3 Å². The summed E-state index contributed by atoms with van der Waals surface area (Å²) in [5, 5.41) is 10.1. The van der Waals surface area contributed by atoms with E-state index in [1.165, 1.54) is 0 Å². The molecule has 2 nitrogen and oxygen atoms in total. The maximum absolute atomic E-state index is 8.17. The van der Waals surface area contributed by atoms with Crippen molar-refractivity contribution in [1.82, 2.24) is 0 Å². The van der Waals surface area contributed by atoms with Crippen molar-refractivity contribution in [3.8, 4) is 6.07 Å². The quantitative estimate of drug-likeness (QED) is 0.420. The molecule has 48 valence electrons. The number of nitrogens with zero attached hydrogens (tertiary/aromatic N) is 2. The zero-order valence-corrected chi connectivity index (χ0v) is 6.19. The molecule has 0 aliphatic heterocycles. The van der Waals surface area contributed by atoms with Crippen LogP contribution in [0.1, 0.15) is 0 Å². The van der Waals surface area contributed by atoms with Gasteiger partial charge in [-0.3, -0.25) is 0 Å². The summed E-state index contributed by atoms with van der Waals surface area (Å²) >= 11 is 1.59. The van der Waals surface area contributed by atoms with Crippen LogP contribution in [0.25, 0.3) is 0 Å². The summed E-state index contributed by atoms with van der Waals surface area (Å²) in [6.45, 7) is 0.462. The first kappa shape index (κ1) is 8.41. The van der Waals surface area contributed by atoms with E-state index < -0.39 is 0 Å². The standard InChI is InChI=1S/C5H5N2S.ClH/c6-1-2-7-3-4-8-5-7;/h3-5H,2H2;1H/q+1;/p-1. The predicted molar refractivity (Wildman–Crippen MR) is 30.1 cm³/mol. The minimum Gasteiger partial charge on any atom is -1.00 e. The molecule has 0 fully saturated rings. The summed E-state index contributed by atoms with van der Waals surface area (Å²) in [5.74, 6) is 0. The number of aromatic nitrogens is 1. The van der Waals surface area contributed by atoms with Crippen LogP contribution in [0.15, 0.2) is 17.1 Å². The van der Waals surface area contributed by atoms with Crippen LogP contribution < -0.4 is 17.0 Å². The van der Waals surface area contributed by atoms with Gasteiger partial charge in [-0.1, -0.05) is 11.3 Å². The highest BCUT2D eigenvalue weighted by Gasteiger charge is 1.93. The van der Waals surface area contributed by atoms with Crippen molar-refractivity contribution >= 4 is 11.3 Å². The summed E-state index contributed by atoms with van der Waals surface area (Å²) in [4.78, 5) is 0. The third-order valence-corrected chi connectivity index (χ3v) is 1.45. The van der Waals surface area contributed by atoms with Gasteiger partial charge in [-0.25, -0.2) is 0 Å². The van der Waals surface area contributed by atoms with E-state index in [0.29, 0.717) is 6.54 Å². The van der Waals surface area contributed by atoms with Gasteiger partial charge in [0.05, 0.1) is 5.38 Å². The molecule has 0 aromatic carbocycles. The fourth-order valence-corrected chi connectivity index (χ4v) is 1.03. The van der Waals surface area contributed by atoms with Crippen molar-refractivity contribution in [2.75, 3.05) is 0 Å². The second kappa shape index (κ2) is 4.30. The van der Waals surface area contributed by atoms with Crippen molar-refractivity contribution < 1.29 is 17.0 Å². The van der Waals surface area contributed by atoms with Gasteiger partial charge in [0.15, 0.2) is 6.20 Å². The lowest BCUT2D eigenvalue weighted by atomic mass is 10.7. The first-order chi connectivity index (χ1) is 3.93. The first-order valence-corrected chi connectivity index (χ1v) is 3.16. The summed E-state index contributed by atoms with van der Waals surface area (Å²) in [6.07, 6.45) is 1.88. The fourth-order valence-electron chi connectivity index (χ4n) is 0.433. The Morgan fingerprint density at radius 3 is 2.89 bits per heavy atom. The molecule has 0 amide bonds. The Bertz CT molecular complexity index is 189. The largest absolute Gasteiger partial charge is 1.00 e. The zero-order chi connectivity index (χ0) is 5.82. The molecule has 1 aromatic heterocycles. The molecule has 0 radical (unpaired) electrons. The number of hydrogen-bond acceptors (Lipinski definition) is 2. The van der Waals surface area contributed by atoms with E-state index in [1.807, 2.05) is 27.7 Å². The summed E-state index contributed by atoms with van der Waals surface area (Å²) in [7, 11) is 0. The second-order valence-corrected chi connectivity index (χ2v) is 2.11. The van der Waals surface area contributed by atoms with Crippen LogP contribution in [-0.2, 0) is 6.54 Å². The third-order valence-electron chi connectivity index (χ3n) is 0.780. The lowest BCUT2D eigenvalue weighted by Gasteiger charge is -1.72. The van der Waals surface area contributed by atoms with Crippen molar-refractivity contribution in [1.29, 1.82) is 5.26 Å². The maximum atomic E-state index is 8.17. The van der Waals surface area contributed by atoms with Crippen LogP contribution in [-0.4, -0.2) is 0 Å². The highest BCUT2D eigenvalue weighted by molar-refractivity contribution is 7.07. The van der Waals surface area contributed by atoms with E-state index in [0.717, 1.165) is 0 Å². The Labute approximate surface area is 63.8 Å². The van der Waals surface area contributed by atoms with E-state index in [2.05, 4.69) is 0 Å². The predicted octanol–water partition coefficient (Wildman–Crippen LogP) is -2.44. The van der Waals surface area contributed by atoms with Gasteiger partial charge < -0.3 is 12.4 Å². The average Bonchev–Trinajstić information content (AvgIpc) is 2.19. The minimum atomic E-state index is 0. The molecule has 1 aromatic rings. The third kappa shape index (κ3) is 2.45. The smallest absolute Gasteiger partial charge is 0.234 e. The normalized spacial score (nSPS) is 7.44. The molecule has 0 saturated heterocycles. The first-order valence-electron chi connectivity index (χ1n) is 2.21. The van der Waals surface area contributed by atoms with Crippen LogP contribution in [0.4, 0.5) is 0 Å². The number of halogens is 1. The van der Waals surface area contributed by atoms with Gasteiger partial charge in [0, 0.05) is 0 Å². The van der Waals surface area contributed by atoms with Gasteiger partial charge >= 0.3 is 0 Å². The van der Waals surface area contributed by atoms with Gasteiger partial charge in [0.2, 0.25) is 12.1 Å². The molecule has 0 aliphatic carbocycles. The lowest BCUT2D eigenvalue weighted by molar-refractivity contribution is -0.680. The number of nitriles is 1. The van der Waals surface area contributed by atoms with Crippen molar-refractivity contribution in [2.45, 2.75) is 6.54 Å². The molecule has 0 N–H and O–H groups in total. The van der Waals surface area contributed by atoms with Crippen LogP contribution >= 0.6 is 11.3 Å². The van der Waals surface area contributed by atoms with Gasteiger partial charge in [-0.05, 0) is 0 Å². The van der Waals surface area contributed by atoms with E-state index >= 15 is 0 Å². The van der Waals surface area contributed by atoms with Gasteiger partial charge in [-0.15, -0.1) is 0 Å². The Kier molecular flexibility index (Phi) is 4.02. The molecule has 0 aliphatic rings. The lowest BCUT2D eigenvalue weighted by Crippen LogP contribution is -3.00. The Morgan fingerprint density at radius 1 is 1.67 bits per heavy atom. The molecule has 0 atom stereocenters. The van der Waals surface area contributed by atoms with Crippen LogP contribution in [0.3, 0.4) is 0 Å². The SMILES string of the molecule is N#CC[n+]1ccsc1.[Cl-]. The fraction of sp³-hybridized carbons (Fsp3) is 0.200. The number of rotatable bonds is 1. The Balaban J connectivity index is 0.000000640. The van der Waals surface area contributed by atoms with Gasteiger partial charge in [0.25, 0.3) is 0 Å². The zero-order valence-electron chi connectivity index (χ0n) is 4.62. The van der Waals surface area contributed by atoms with Crippen molar-refractivity contribution in [3.63, 3.8) is 0 Å². The summed E-state index contributed by atoms with van der Waals surface area (Å²) < 4.78 is 1.84. The summed E-state index contributed by atoms with van der Waals surface area (Å²) in [5.41, 5.74) is 1.91. The Hall–Kier alpha value is -0.590. The van der Waals surface area contributed by atoms with Gasteiger partial charge in [-0.2, -0.15) is 9.83 Å².